The van der Waals surface area contributed by atoms with Gasteiger partial charge in [0.1, 0.15) is 0 Å². The molecule has 0 atom stereocenters. The van der Waals surface area contributed by atoms with Crippen molar-refractivity contribution in [2.45, 2.75) is 6.42 Å². The third-order valence-electron chi connectivity index (χ3n) is 1.69. The zero-order valence-corrected chi connectivity index (χ0v) is 8.90. The Morgan fingerprint density at radius 1 is 1.50 bits per heavy atom. The van der Waals surface area contributed by atoms with E-state index in [0.29, 0.717) is 4.47 Å². The number of methoxy groups -OCH3 is 1. The second kappa shape index (κ2) is 4.50. The predicted octanol–water partition coefficient (Wildman–Crippen LogP) is 2.44. The highest BCUT2D eigenvalue weighted by Crippen LogP contribution is 2.22. The first kappa shape index (κ1) is 11.1. The average Bonchev–Trinajstić information content (AvgIpc) is 2.18. The van der Waals surface area contributed by atoms with Crippen molar-refractivity contribution in [3.05, 3.63) is 33.8 Å². The van der Waals surface area contributed by atoms with Gasteiger partial charge in [0, 0.05) is 10.0 Å². The first-order valence-electron chi connectivity index (χ1n) is 3.75. The molecule has 0 spiro atoms. The van der Waals surface area contributed by atoms with Gasteiger partial charge in [0.15, 0.2) is 11.6 Å². The number of carbonyl (C=O) groups is 1. The van der Waals surface area contributed by atoms with Crippen LogP contribution in [0.5, 0.6) is 0 Å². The lowest BCUT2D eigenvalue weighted by Crippen LogP contribution is -2.07. The standard InChI is InChI=1S/C9H7BrF2O2/c1-14-8(13)4-5-6(10)2-3-7(11)9(5)12/h2-3H,4H2,1H3. The summed E-state index contributed by atoms with van der Waals surface area (Å²) in [7, 11) is 1.19. The maximum absolute atomic E-state index is 13.1. The zero-order valence-electron chi connectivity index (χ0n) is 7.31. The Kier molecular flexibility index (Phi) is 3.57. The van der Waals surface area contributed by atoms with Gasteiger partial charge in [-0.05, 0) is 12.1 Å². The Labute approximate surface area is 88.0 Å². The van der Waals surface area contributed by atoms with Crippen molar-refractivity contribution >= 4 is 21.9 Å². The number of ether oxygens (including phenoxy) is 1. The Hall–Kier alpha value is -0.970. The van der Waals surface area contributed by atoms with Crippen LogP contribution in [-0.2, 0) is 16.0 Å². The van der Waals surface area contributed by atoms with Gasteiger partial charge in [-0.3, -0.25) is 4.79 Å². The summed E-state index contributed by atoms with van der Waals surface area (Å²) in [4.78, 5) is 10.9. The van der Waals surface area contributed by atoms with Crippen LogP contribution in [0, 0.1) is 11.6 Å². The maximum atomic E-state index is 13.1. The van der Waals surface area contributed by atoms with Gasteiger partial charge in [0.25, 0.3) is 0 Å². The van der Waals surface area contributed by atoms with Crippen LogP contribution in [-0.4, -0.2) is 13.1 Å². The highest BCUT2D eigenvalue weighted by molar-refractivity contribution is 9.10. The number of hydrogen-bond acceptors (Lipinski definition) is 2. The minimum absolute atomic E-state index is 0.0307. The normalized spacial score (nSPS) is 10.0. The molecule has 0 N–H and O–H groups in total. The summed E-state index contributed by atoms with van der Waals surface area (Å²) < 4.78 is 30.6. The fourth-order valence-corrected chi connectivity index (χ4v) is 1.39. The average molecular weight is 265 g/mol. The van der Waals surface area contributed by atoms with Crippen molar-refractivity contribution < 1.29 is 18.3 Å². The Morgan fingerprint density at radius 3 is 2.71 bits per heavy atom. The van der Waals surface area contributed by atoms with E-state index >= 15 is 0 Å². The third-order valence-corrected chi connectivity index (χ3v) is 2.43. The van der Waals surface area contributed by atoms with E-state index in [0.717, 1.165) is 6.07 Å². The van der Waals surface area contributed by atoms with Crippen LogP contribution in [0.3, 0.4) is 0 Å². The van der Waals surface area contributed by atoms with Gasteiger partial charge in [-0.25, -0.2) is 8.78 Å². The molecule has 1 aromatic carbocycles. The van der Waals surface area contributed by atoms with Crippen LogP contribution in [0.2, 0.25) is 0 Å². The Bertz CT molecular complexity index is 366. The molecule has 1 aromatic rings. The second-order valence-electron chi connectivity index (χ2n) is 2.57. The number of benzene rings is 1. The van der Waals surface area contributed by atoms with Crippen molar-refractivity contribution in [1.82, 2.24) is 0 Å². The summed E-state index contributed by atoms with van der Waals surface area (Å²) in [5.74, 6) is -2.62. The quantitative estimate of drug-likeness (QED) is 0.606. The summed E-state index contributed by atoms with van der Waals surface area (Å²) in [5.41, 5.74) is -0.0307. The van der Waals surface area contributed by atoms with Crippen LogP contribution < -0.4 is 0 Å². The van der Waals surface area contributed by atoms with Crippen LogP contribution in [0.15, 0.2) is 16.6 Å². The van der Waals surface area contributed by atoms with Crippen molar-refractivity contribution in [2.75, 3.05) is 7.11 Å². The van der Waals surface area contributed by atoms with Gasteiger partial charge >= 0.3 is 5.97 Å². The fraction of sp³-hybridized carbons (Fsp3) is 0.222. The summed E-state index contributed by atoms with van der Waals surface area (Å²) in [6, 6.07) is 2.33. The van der Waals surface area contributed by atoms with Crippen molar-refractivity contribution in [3.8, 4) is 0 Å². The highest BCUT2D eigenvalue weighted by atomic mass is 79.9. The number of rotatable bonds is 2. The molecule has 0 radical (unpaired) electrons. The Balaban J connectivity index is 3.06. The van der Waals surface area contributed by atoms with E-state index in [1.54, 1.807) is 0 Å². The number of esters is 1. The first-order chi connectivity index (χ1) is 6.56. The zero-order chi connectivity index (χ0) is 10.7. The number of carbonyl (C=O) groups excluding carboxylic acids is 1. The lowest BCUT2D eigenvalue weighted by Gasteiger charge is -2.05. The molecule has 0 aromatic heterocycles. The molecule has 0 amide bonds. The van der Waals surface area contributed by atoms with Gasteiger partial charge in [-0.2, -0.15) is 0 Å². The molecule has 0 fully saturated rings. The van der Waals surface area contributed by atoms with Gasteiger partial charge in [0.05, 0.1) is 13.5 Å². The van der Waals surface area contributed by atoms with Gasteiger partial charge < -0.3 is 4.74 Å². The minimum Gasteiger partial charge on any atom is -0.469 e. The first-order valence-corrected chi connectivity index (χ1v) is 4.54. The smallest absolute Gasteiger partial charge is 0.310 e. The van der Waals surface area contributed by atoms with Crippen LogP contribution in [0.25, 0.3) is 0 Å². The highest BCUT2D eigenvalue weighted by Gasteiger charge is 2.15. The summed E-state index contributed by atoms with van der Waals surface area (Å²) in [5, 5.41) is 0. The van der Waals surface area contributed by atoms with E-state index in [-0.39, 0.29) is 12.0 Å². The molecule has 0 bridgehead atoms. The molecule has 2 nitrogen and oxygen atoms in total. The lowest BCUT2D eigenvalue weighted by atomic mass is 10.1. The maximum Gasteiger partial charge on any atom is 0.310 e. The molecule has 1 rings (SSSR count). The largest absolute Gasteiger partial charge is 0.469 e. The molecule has 14 heavy (non-hydrogen) atoms. The fourth-order valence-electron chi connectivity index (χ4n) is 0.948. The number of halogens is 3. The summed E-state index contributed by atoms with van der Waals surface area (Å²) in [6.45, 7) is 0. The van der Waals surface area contributed by atoms with E-state index < -0.39 is 17.6 Å². The second-order valence-corrected chi connectivity index (χ2v) is 3.43. The lowest BCUT2D eigenvalue weighted by molar-refractivity contribution is -0.139. The summed E-state index contributed by atoms with van der Waals surface area (Å²) in [6.07, 6.45) is -0.291. The monoisotopic (exact) mass is 264 g/mol. The molecule has 5 heteroatoms. The molecule has 0 unspecified atom stereocenters. The molecular weight excluding hydrogens is 258 g/mol. The van der Waals surface area contributed by atoms with Crippen molar-refractivity contribution in [1.29, 1.82) is 0 Å². The van der Waals surface area contributed by atoms with E-state index in [1.807, 2.05) is 0 Å². The SMILES string of the molecule is COC(=O)Cc1c(Br)ccc(F)c1F. The molecule has 0 saturated carbocycles. The van der Waals surface area contributed by atoms with Crippen LogP contribution in [0.1, 0.15) is 5.56 Å². The van der Waals surface area contributed by atoms with Crippen molar-refractivity contribution in [2.24, 2.45) is 0 Å². The molecule has 76 valence electrons. The van der Waals surface area contributed by atoms with E-state index in [9.17, 15) is 13.6 Å². The molecule has 0 saturated heterocycles. The van der Waals surface area contributed by atoms with E-state index in [2.05, 4.69) is 20.7 Å². The molecule has 0 aliphatic carbocycles. The van der Waals surface area contributed by atoms with E-state index in [4.69, 9.17) is 0 Å². The molecular formula is C9H7BrF2O2. The van der Waals surface area contributed by atoms with Gasteiger partial charge in [0.2, 0.25) is 0 Å². The van der Waals surface area contributed by atoms with E-state index in [1.165, 1.54) is 13.2 Å². The van der Waals surface area contributed by atoms with Crippen molar-refractivity contribution in [3.63, 3.8) is 0 Å². The van der Waals surface area contributed by atoms with Crippen LogP contribution in [0.4, 0.5) is 8.78 Å². The predicted molar refractivity (Wildman–Crippen MR) is 49.8 cm³/mol. The van der Waals surface area contributed by atoms with Gasteiger partial charge in [-0.15, -0.1) is 0 Å². The third kappa shape index (κ3) is 2.29. The molecule has 0 heterocycles. The number of hydrogen-bond donors (Lipinski definition) is 0. The van der Waals surface area contributed by atoms with Crippen LogP contribution >= 0.6 is 15.9 Å². The minimum atomic E-state index is -1.02. The van der Waals surface area contributed by atoms with Gasteiger partial charge in [-0.1, -0.05) is 15.9 Å². The molecule has 0 aliphatic heterocycles. The summed E-state index contributed by atoms with van der Waals surface area (Å²) >= 11 is 3.02. The Morgan fingerprint density at radius 2 is 2.14 bits per heavy atom. The molecule has 0 aliphatic rings. The topological polar surface area (TPSA) is 26.3 Å².